The van der Waals surface area contributed by atoms with Gasteiger partial charge in [0.1, 0.15) is 0 Å². The molecule has 0 aromatic rings. The topological polar surface area (TPSA) is 64.3 Å². The number of rotatable bonds is 4. The molecule has 3 N–H and O–H groups in total. The van der Waals surface area contributed by atoms with Gasteiger partial charge in [-0.3, -0.25) is 4.79 Å². The highest BCUT2D eigenvalue weighted by Crippen LogP contribution is 2.13. The second-order valence-corrected chi connectivity index (χ2v) is 4.66. The van der Waals surface area contributed by atoms with Crippen LogP contribution in [0.25, 0.3) is 0 Å². The third kappa shape index (κ3) is 3.43. The molecule has 0 bridgehead atoms. The van der Waals surface area contributed by atoms with Crippen LogP contribution in [0.1, 0.15) is 20.3 Å². The number of amides is 1. The van der Waals surface area contributed by atoms with Crippen LogP contribution in [0.4, 0.5) is 0 Å². The van der Waals surface area contributed by atoms with Crippen molar-refractivity contribution in [3.8, 4) is 0 Å². The highest BCUT2D eigenvalue weighted by molar-refractivity contribution is 7.80. The normalized spacial score (nSPS) is 22.7. The minimum absolute atomic E-state index is 0.000926. The molecule has 1 heterocycles. The molecule has 0 aromatic carbocycles. The van der Waals surface area contributed by atoms with Crippen LogP contribution in [0.15, 0.2) is 0 Å². The van der Waals surface area contributed by atoms with Crippen LogP contribution in [-0.2, 0) is 9.53 Å². The van der Waals surface area contributed by atoms with Crippen molar-refractivity contribution in [2.75, 3.05) is 13.2 Å². The Morgan fingerprint density at radius 3 is 2.67 bits per heavy atom. The summed E-state index contributed by atoms with van der Waals surface area (Å²) in [4.78, 5) is 12.1. The van der Waals surface area contributed by atoms with Crippen molar-refractivity contribution >= 4 is 23.1 Å². The van der Waals surface area contributed by atoms with Gasteiger partial charge in [-0.15, -0.1) is 0 Å². The zero-order valence-corrected chi connectivity index (χ0v) is 9.97. The lowest BCUT2D eigenvalue weighted by molar-refractivity contribution is -0.125. The van der Waals surface area contributed by atoms with Crippen LogP contribution in [0.3, 0.4) is 0 Å². The Bertz CT molecular complexity index is 250. The van der Waals surface area contributed by atoms with Gasteiger partial charge in [0.15, 0.2) is 0 Å². The number of nitrogens with one attached hydrogen (secondary N) is 1. The molecule has 2 unspecified atom stereocenters. The third-order valence-corrected chi connectivity index (χ3v) is 2.83. The summed E-state index contributed by atoms with van der Waals surface area (Å²) in [6.45, 7) is 5.13. The molecule has 0 saturated carbocycles. The summed E-state index contributed by atoms with van der Waals surface area (Å²) >= 11 is 4.92. The fourth-order valence-electron chi connectivity index (χ4n) is 1.58. The standard InChI is InChI=1S/C10H18N2O2S/c1-6(2)8(9(11)15)12-10(13)7-3-4-14-5-7/h6-8H,3-5H2,1-2H3,(H2,11,15)(H,12,13). The molecule has 2 atom stereocenters. The molecule has 5 heteroatoms. The van der Waals surface area contributed by atoms with Crippen molar-refractivity contribution in [3.63, 3.8) is 0 Å². The van der Waals surface area contributed by atoms with E-state index in [4.69, 9.17) is 22.7 Å². The highest BCUT2D eigenvalue weighted by atomic mass is 32.1. The maximum atomic E-state index is 11.8. The first kappa shape index (κ1) is 12.4. The molecule has 1 saturated heterocycles. The van der Waals surface area contributed by atoms with Crippen molar-refractivity contribution in [1.82, 2.24) is 5.32 Å². The monoisotopic (exact) mass is 230 g/mol. The Morgan fingerprint density at radius 2 is 2.27 bits per heavy atom. The summed E-state index contributed by atoms with van der Waals surface area (Å²) in [5, 5.41) is 2.87. The van der Waals surface area contributed by atoms with Gasteiger partial charge in [-0.25, -0.2) is 0 Å². The van der Waals surface area contributed by atoms with E-state index < -0.39 is 0 Å². The minimum Gasteiger partial charge on any atom is -0.392 e. The first-order valence-electron chi connectivity index (χ1n) is 5.19. The van der Waals surface area contributed by atoms with Gasteiger partial charge in [-0.05, 0) is 12.3 Å². The Hall–Kier alpha value is -0.680. The van der Waals surface area contributed by atoms with Gasteiger partial charge in [0.2, 0.25) is 5.91 Å². The Kier molecular flexibility index (Phi) is 4.47. The highest BCUT2D eigenvalue weighted by Gasteiger charge is 2.27. The van der Waals surface area contributed by atoms with Crippen LogP contribution >= 0.6 is 12.2 Å². The predicted octanol–water partition coefficient (Wildman–Crippen LogP) is 0.450. The smallest absolute Gasteiger partial charge is 0.226 e. The number of hydrogen-bond donors (Lipinski definition) is 2. The average molecular weight is 230 g/mol. The lowest BCUT2D eigenvalue weighted by atomic mass is 10.0. The molecule has 1 amide bonds. The van der Waals surface area contributed by atoms with E-state index in [0.29, 0.717) is 18.2 Å². The Morgan fingerprint density at radius 1 is 1.60 bits per heavy atom. The number of ether oxygens (including phenoxy) is 1. The molecule has 0 aliphatic carbocycles. The van der Waals surface area contributed by atoms with Gasteiger partial charge < -0.3 is 15.8 Å². The summed E-state index contributed by atoms with van der Waals surface area (Å²) in [5.41, 5.74) is 5.57. The minimum atomic E-state index is -0.215. The molecule has 15 heavy (non-hydrogen) atoms. The summed E-state index contributed by atoms with van der Waals surface area (Å²) in [5.74, 6) is 0.174. The summed E-state index contributed by atoms with van der Waals surface area (Å²) in [6.07, 6.45) is 0.786. The number of carbonyl (C=O) groups excluding carboxylic acids is 1. The molecule has 1 aliphatic heterocycles. The largest absolute Gasteiger partial charge is 0.392 e. The second kappa shape index (κ2) is 5.42. The fraction of sp³-hybridized carbons (Fsp3) is 0.800. The number of thiocarbonyl (C=S) groups is 1. The van der Waals surface area contributed by atoms with Crippen LogP contribution < -0.4 is 11.1 Å². The van der Waals surface area contributed by atoms with E-state index in [-0.39, 0.29) is 23.8 Å². The number of hydrogen-bond acceptors (Lipinski definition) is 3. The first-order valence-corrected chi connectivity index (χ1v) is 5.60. The van der Waals surface area contributed by atoms with Crippen molar-refractivity contribution in [3.05, 3.63) is 0 Å². The molecule has 0 radical (unpaired) electrons. The maximum Gasteiger partial charge on any atom is 0.226 e. The molecule has 86 valence electrons. The average Bonchev–Trinajstić information content (AvgIpc) is 2.65. The van der Waals surface area contributed by atoms with Crippen molar-refractivity contribution in [1.29, 1.82) is 0 Å². The summed E-state index contributed by atoms with van der Waals surface area (Å²) < 4.78 is 5.16. The molecule has 1 rings (SSSR count). The van der Waals surface area contributed by atoms with Gasteiger partial charge in [-0.1, -0.05) is 26.1 Å². The summed E-state index contributed by atoms with van der Waals surface area (Å²) in [6, 6.07) is -0.215. The van der Waals surface area contributed by atoms with Crippen LogP contribution in [0, 0.1) is 11.8 Å². The summed E-state index contributed by atoms with van der Waals surface area (Å²) in [7, 11) is 0. The molecule has 1 fully saturated rings. The second-order valence-electron chi connectivity index (χ2n) is 4.19. The molecule has 0 aromatic heterocycles. The van der Waals surface area contributed by atoms with Crippen molar-refractivity contribution in [2.24, 2.45) is 17.6 Å². The van der Waals surface area contributed by atoms with Gasteiger partial charge in [0, 0.05) is 6.61 Å². The predicted molar refractivity (Wildman–Crippen MR) is 62.5 cm³/mol. The molecule has 4 nitrogen and oxygen atoms in total. The van der Waals surface area contributed by atoms with Gasteiger partial charge >= 0.3 is 0 Å². The lowest BCUT2D eigenvalue weighted by Crippen LogP contribution is -2.48. The molecule has 0 spiro atoms. The first-order chi connectivity index (χ1) is 7.02. The van der Waals surface area contributed by atoms with Crippen LogP contribution in [-0.4, -0.2) is 30.2 Å². The van der Waals surface area contributed by atoms with Gasteiger partial charge in [0.05, 0.1) is 23.6 Å². The fourth-order valence-corrected chi connectivity index (χ4v) is 1.91. The van der Waals surface area contributed by atoms with E-state index in [0.717, 1.165) is 6.42 Å². The van der Waals surface area contributed by atoms with E-state index in [2.05, 4.69) is 5.32 Å². The van der Waals surface area contributed by atoms with E-state index in [9.17, 15) is 4.79 Å². The van der Waals surface area contributed by atoms with Crippen LogP contribution in [0.5, 0.6) is 0 Å². The Balaban J connectivity index is 2.50. The lowest BCUT2D eigenvalue weighted by Gasteiger charge is -2.22. The van der Waals surface area contributed by atoms with E-state index >= 15 is 0 Å². The number of nitrogens with two attached hydrogens (primary N) is 1. The van der Waals surface area contributed by atoms with E-state index in [1.807, 2.05) is 13.8 Å². The van der Waals surface area contributed by atoms with Crippen molar-refractivity contribution < 1.29 is 9.53 Å². The van der Waals surface area contributed by atoms with Crippen LogP contribution in [0.2, 0.25) is 0 Å². The van der Waals surface area contributed by atoms with E-state index in [1.165, 1.54) is 0 Å². The number of carbonyl (C=O) groups is 1. The molecule has 1 aliphatic rings. The quantitative estimate of drug-likeness (QED) is 0.688. The Labute approximate surface area is 95.5 Å². The van der Waals surface area contributed by atoms with Gasteiger partial charge in [0.25, 0.3) is 0 Å². The van der Waals surface area contributed by atoms with E-state index in [1.54, 1.807) is 0 Å². The third-order valence-electron chi connectivity index (χ3n) is 2.57. The van der Waals surface area contributed by atoms with Crippen molar-refractivity contribution in [2.45, 2.75) is 26.3 Å². The SMILES string of the molecule is CC(C)C(NC(=O)C1CCOC1)C(N)=S. The van der Waals surface area contributed by atoms with Gasteiger partial charge in [-0.2, -0.15) is 0 Å². The molecular weight excluding hydrogens is 212 g/mol. The molecular formula is C10H18N2O2S. The maximum absolute atomic E-state index is 11.8. The zero-order chi connectivity index (χ0) is 11.4. The zero-order valence-electron chi connectivity index (χ0n) is 9.16.